The molecule has 0 aromatic heterocycles. The third-order valence-electron chi connectivity index (χ3n) is 5.37. The molecule has 0 N–H and O–H groups in total. The topological polar surface area (TPSA) is 0 Å². The van der Waals surface area contributed by atoms with Crippen molar-refractivity contribution in [3.05, 3.63) is 0 Å². The maximum absolute atomic E-state index is 3.82. The fourth-order valence-corrected chi connectivity index (χ4v) is 4.49. The van der Waals surface area contributed by atoms with E-state index in [4.69, 9.17) is 0 Å². The highest BCUT2D eigenvalue weighted by molar-refractivity contribution is 9.09. The Balaban J connectivity index is 2.34. The minimum atomic E-state index is 0.513. The lowest BCUT2D eigenvalue weighted by Gasteiger charge is -2.43. The first-order chi connectivity index (χ1) is 8.93. The van der Waals surface area contributed by atoms with Gasteiger partial charge >= 0.3 is 0 Å². The largest absolute Gasteiger partial charge is 0.0922 e. The fraction of sp³-hybridized carbons (Fsp3) is 1.00. The van der Waals surface area contributed by atoms with Gasteiger partial charge in [0.05, 0.1) is 0 Å². The second-order valence-electron chi connectivity index (χ2n) is 7.94. The number of halogens is 1. The molecule has 0 amide bonds. The van der Waals surface area contributed by atoms with Crippen molar-refractivity contribution in [2.45, 2.75) is 91.9 Å². The molecule has 0 unspecified atom stereocenters. The molecule has 0 atom stereocenters. The van der Waals surface area contributed by atoms with E-state index >= 15 is 0 Å². The van der Waals surface area contributed by atoms with Crippen LogP contribution >= 0.6 is 15.9 Å². The minimum Gasteiger partial charge on any atom is -0.0922 e. The number of hydrogen-bond acceptors (Lipinski definition) is 0. The lowest BCUT2D eigenvalue weighted by atomic mass is 9.63. The quantitative estimate of drug-likeness (QED) is 0.349. The standard InChI is InChI=1S/C18H35Br/c1-5-6-7-8-9-12-18(15-19)13-10-16(11-14-18)17(2,3)4/h16H,5-15H2,1-4H3. The van der Waals surface area contributed by atoms with Gasteiger partial charge in [0.25, 0.3) is 0 Å². The van der Waals surface area contributed by atoms with Gasteiger partial charge < -0.3 is 0 Å². The molecule has 1 fully saturated rings. The summed E-state index contributed by atoms with van der Waals surface area (Å²) in [6.07, 6.45) is 14.4. The molecule has 0 saturated heterocycles. The van der Waals surface area contributed by atoms with Gasteiger partial charge in [-0.2, -0.15) is 0 Å². The Morgan fingerprint density at radius 3 is 2.05 bits per heavy atom. The third-order valence-corrected chi connectivity index (χ3v) is 6.55. The van der Waals surface area contributed by atoms with E-state index in [1.807, 2.05) is 0 Å². The summed E-state index contributed by atoms with van der Waals surface area (Å²) >= 11 is 3.82. The van der Waals surface area contributed by atoms with Crippen LogP contribution in [0.5, 0.6) is 0 Å². The Hall–Kier alpha value is 0.480. The average Bonchev–Trinajstić information content (AvgIpc) is 2.38. The normalized spacial score (nSPS) is 28.6. The van der Waals surface area contributed by atoms with Gasteiger partial charge in [-0.15, -0.1) is 0 Å². The minimum absolute atomic E-state index is 0.513. The van der Waals surface area contributed by atoms with Gasteiger partial charge in [-0.1, -0.05) is 75.7 Å². The molecule has 0 aromatic carbocycles. The van der Waals surface area contributed by atoms with E-state index in [-0.39, 0.29) is 0 Å². The molecular formula is C18H35Br. The molecule has 0 aliphatic heterocycles. The van der Waals surface area contributed by atoms with Gasteiger partial charge in [0.1, 0.15) is 0 Å². The highest BCUT2D eigenvalue weighted by Crippen LogP contribution is 2.48. The third kappa shape index (κ3) is 5.78. The summed E-state index contributed by atoms with van der Waals surface area (Å²) in [5.74, 6) is 0.944. The predicted molar refractivity (Wildman–Crippen MR) is 91.0 cm³/mol. The van der Waals surface area contributed by atoms with Crippen LogP contribution in [0.25, 0.3) is 0 Å². The fourth-order valence-electron chi connectivity index (χ4n) is 3.65. The Kier molecular flexibility index (Phi) is 7.43. The average molecular weight is 331 g/mol. The van der Waals surface area contributed by atoms with Crippen molar-refractivity contribution in [3.8, 4) is 0 Å². The number of unbranched alkanes of at least 4 members (excludes halogenated alkanes) is 4. The van der Waals surface area contributed by atoms with Gasteiger partial charge in [-0.05, 0) is 48.9 Å². The molecule has 1 aliphatic rings. The van der Waals surface area contributed by atoms with Crippen LogP contribution in [0, 0.1) is 16.7 Å². The van der Waals surface area contributed by atoms with Crippen molar-refractivity contribution in [2.75, 3.05) is 5.33 Å². The second-order valence-corrected chi connectivity index (χ2v) is 8.50. The Morgan fingerprint density at radius 1 is 1.00 bits per heavy atom. The lowest BCUT2D eigenvalue weighted by Crippen LogP contribution is -2.33. The highest BCUT2D eigenvalue weighted by Gasteiger charge is 2.37. The van der Waals surface area contributed by atoms with Gasteiger partial charge in [-0.25, -0.2) is 0 Å². The molecular weight excluding hydrogens is 296 g/mol. The van der Waals surface area contributed by atoms with Crippen LogP contribution in [0.2, 0.25) is 0 Å². The molecule has 0 heterocycles. The zero-order chi connectivity index (χ0) is 14.4. The van der Waals surface area contributed by atoms with Crippen LogP contribution in [-0.4, -0.2) is 5.33 Å². The first kappa shape index (κ1) is 17.5. The molecule has 114 valence electrons. The number of rotatable bonds is 7. The van der Waals surface area contributed by atoms with Crippen LogP contribution < -0.4 is 0 Å². The van der Waals surface area contributed by atoms with Crippen LogP contribution in [0.4, 0.5) is 0 Å². The first-order valence-corrected chi connectivity index (χ1v) is 9.62. The van der Waals surface area contributed by atoms with E-state index in [0.29, 0.717) is 10.8 Å². The Labute approximate surface area is 130 Å². The van der Waals surface area contributed by atoms with Crippen molar-refractivity contribution in [1.29, 1.82) is 0 Å². The molecule has 19 heavy (non-hydrogen) atoms. The van der Waals surface area contributed by atoms with Gasteiger partial charge in [0.2, 0.25) is 0 Å². The number of hydrogen-bond donors (Lipinski definition) is 0. The van der Waals surface area contributed by atoms with Crippen molar-refractivity contribution in [3.63, 3.8) is 0 Å². The van der Waals surface area contributed by atoms with E-state index in [1.165, 1.54) is 69.5 Å². The summed E-state index contributed by atoms with van der Waals surface area (Å²) in [6, 6.07) is 0. The Bertz CT molecular complexity index is 231. The van der Waals surface area contributed by atoms with Gasteiger partial charge in [0.15, 0.2) is 0 Å². The maximum atomic E-state index is 3.82. The van der Waals surface area contributed by atoms with E-state index in [1.54, 1.807) is 0 Å². The van der Waals surface area contributed by atoms with Crippen molar-refractivity contribution in [2.24, 2.45) is 16.7 Å². The molecule has 1 aliphatic carbocycles. The van der Waals surface area contributed by atoms with Crippen LogP contribution in [0.15, 0.2) is 0 Å². The second kappa shape index (κ2) is 8.05. The molecule has 0 nitrogen and oxygen atoms in total. The van der Waals surface area contributed by atoms with Crippen molar-refractivity contribution in [1.82, 2.24) is 0 Å². The zero-order valence-corrected chi connectivity index (χ0v) is 15.3. The molecule has 1 heteroatoms. The predicted octanol–water partition coefficient (Wildman–Crippen LogP) is 6.96. The van der Waals surface area contributed by atoms with Gasteiger partial charge in [0, 0.05) is 5.33 Å². The van der Waals surface area contributed by atoms with Crippen LogP contribution in [-0.2, 0) is 0 Å². The van der Waals surface area contributed by atoms with Crippen molar-refractivity contribution < 1.29 is 0 Å². The maximum Gasteiger partial charge on any atom is 0.00879 e. The summed E-state index contributed by atoms with van der Waals surface area (Å²) < 4.78 is 0. The summed E-state index contributed by atoms with van der Waals surface area (Å²) in [5.41, 5.74) is 1.15. The van der Waals surface area contributed by atoms with Crippen LogP contribution in [0.1, 0.15) is 91.9 Å². The van der Waals surface area contributed by atoms with Crippen molar-refractivity contribution >= 4 is 15.9 Å². The summed E-state index contributed by atoms with van der Waals surface area (Å²) in [7, 11) is 0. The van der Waals surface area contributed by atoms with E-state index < -0.39 is 0 Å². The van der Waals surface area contributed by atoms with E-state index in [2.05, 4.69) is 43.6 Å². The summed E-state index contributed by atoms with van der Waals surface area (Å²) in [5, 5.41) is 1.23. The van der Waals surface area contributed by atoms with E-state index in [9.17, 15) is 0 Å². The molecule has 0 aromatic rings. The van der Waals surface area contributed by atoms with Gasteiger partial charge in [-0.3, -0.25) is 0 Å². The lowest BCUT2D eigenvalue weighted by molar-refractivity contribution is 0.0953. The molecule has 0 radical (unpaired) electrons. The number of alkyl halides is 1. The van der Waals surface area contributed by atoms with E-state index in [0.717, 1.165) is 5.92 Å². The molecule has 1 saturated carbocycles. The molecule has 0 spiro atoms. The Morgan fingerprint density at radius 2 is 1.58 bits per heavy atom. The SMILES string of the molecule is CCCCCCCC1(CBr)CCC(C(C)(C)C)CC1. The first-order valence-electron chi connectivity index (χ1n) is 8.49. The summed E-state index contributed by atoms with van der Waals surface area (Å²) in [6.45, 7) is 9.56. The molecule has 1 rings (SSSR count). The monoisotopic (exact) mass is 330 g/mol. The summed E-state index contributed by atoms with van der Waals surface area (Å²) in [4.78, 5) is 0. The zero-order valence-electron chi connectivity index (χ0n) is 13.7. The molecule has 0 bridgehead atoms. The highest BCUT2D eigenvalue weighted by atomic mass is 79.9. The van der Waals surface area contributed by atoms with Crippen LogP contribution in [0.3, 0.4) is 0 Å². The smallest absolute Gasteiger partial charge is 0.00879 e.